The van der Waals surface area contributed by atoms with Crippen LogP contribution in [0.2, 0.25) is 0 Å². The molecule has 1 saturated heterocycles. The zero-order valence-corrected chi connectivity index (χ0v) is 8.66. The first-order valence-corrected chi connectivity index (χ1v) is 5.60. The molecule has 2 atom stereocenters. The lowest BCUT2D eigenvalue weighted by molar-refractivity contribution is 0.321. The highest BCUT2D eigenvalue weighted by Gasteiger charge is 2.48. The smallest absolute Gasteiger partial charge is 0.0727 e. The maximum absolute atomic E-state index is 9.27. The molecule has 2 nitrogen and oxygen atoms in total. The van der Waals surface area contributed by atoms with Gasteiger partial charge in [0.05, 0.1) is 17.5 Å². The summed E-state index contributed by atoms with van der Waals surface area (Å²) in [5.74, 6) is 0.123. The van der Waals surface area contributed by atoms with Crippen molar-refractivity contribution in [2.75, 3.05) is 6.54 Å². The van der Waals surface area contributed by atoms with Gasteiger partial charge in [-0.1, -0.05) is 24.3 Å². The number of rotatable bonds is 0. The first-order chi connectivity index (χ1) is 7.37. The molecule has 1 aliphatic heterocycles. The van der Waals surface area contributed by atoms with Gasteiger partial charge in [0.1, 0.15) is 0 Å². The lowest BCUT2D eigenvalue weighted by Gasteiger charge is -2.28. The predicted molar refractivity (Wildman–Crippen MR) is 58.2 cm³/mol. The van der Waals surface area contributed by atoms with E-state index < -0.39 is 0 Å². The molecule has 1 heterocycles. The van der Waals surface area contributed by atoms with Crippen LogP contribution in [-0.2, 0) is 12.0 Å². The van der Waals surface area contributed by atoms with E-state index in [-0.39, 0.29) is 11.5 Å². The third-order valence-electron chi connectivity index (χ3n) is 3.86. The van der Waals surface area contributed by atoms with Gasteiger partial charge in [-0.25, -0.2) is 0 Å². The zero-order valence-electron chi connectivity index (χ0n) is 8.66. The fraction of sp³-hybridized carbons (Fsp3) is 0.462. The summed E-state index contributed by atoms with van der Waals surface area (Å²) in [4.78, 5) is 0. The predicted octanol–water partition coefficient (Wildman–Crippen LogP) is 1.96. The van der Waals surface area contributed by atoms with E-state index in [1.807, 2.05) is 0 Å². The van der Waals surface area contributed by atoms with Gasteiger partial charge < -0.3 is 5.32 Å². The first kappa shape index (κ1) is 8.94. The molecule has 0 radical (unpaired) electrons. The number of benzene rings is 1. The van der Waals surface area contributed by atoms with Crippen molar-refractivity contribution in [2.45, 2.75) is 24.8 Å². The minimum Gasteiger partial charge on any atom is -0.306 e. The summed E-state index contributed by atoms with van der Waals surface area (Å²) in [7, 11) is 0. The van der Waals surface area contributed by atoms with Crippen molar-refractivity contribution < 1.29 is 0 Å². The average Bonchev–Trinajstić information content (AvgIpc) is 2.87. The summed E-state index contributed by atoms with van der Waals surface area (Å²) in [6.07, 6.45) is 3.22. The van der Waals surface area contributed by atoms with Crippen LogP contribution in [0, 0.1) is 17.2 Å². The Bertz CT molecular complexity index is 424. The van der Waals surface area contributed by atoms with Crippen molar-refractivity contribution in [3.8, 4) is 6.07 Å². The molecule has 2 heteroatoms. The summed E-state index contributed by atoms with van der Waals surface area (Å²) < 4.78 is 0. The molecular formula is C13H14N2. The SMILES string of the molecule is N#CC1Cc2ccccc2C12CCCN2. The molecule has 2 aliphatic rings. The van der Waals surface area contributed by atoms with Gasteiger partial charge in [0.15, 0.2) is 0 Å². The van der Waals surface area contributed by atoms with Gasteiger partial charge in [0.2, 0.25) is 0 Å². The van der Waals surface area contributed by atoms with Crippen LogP contribution in [0.4, 0.5) is 0 Å². The number of nitrogens with one attached hydrogen (secondary N) is 1. The van der Waals surface area contributed by atoms with E-state index >= 15 is 0 Å². The monoisotopic (exact) mass is 198 g/mol. The van der Waals surface area contributed by atoms with Crippen LogP contribution in [0.15, 0.2) is 24.3 Å². The second kappa shape index (κ2) is 3.08. The quantitative estimate of drug-likeness (QED) is 0.691. The summed E-state index contributed by atoms with van der Waals surface area (Å²) in [6, 6.07) is 11.0. The Balaban J connectivity index is 2.15. The van der Waals surface area contributed by atoms with Gasteiger partial charge in [-0.3, -0.25) is 0 Å². The fourth-order valence-electron chi connectivity index (χ4n) is 3.17. The molecule has 0 aromatic heterocycles. The number of nitrogens with zero attached hydrogens (tertiary/aromatic N) is 1. The highest BCUT2D eigenvalue weighted by molar-refractivity contribution is 5.43. The minimum absolute atomic E-state index is 0.0225. The van der Waals surface area contributed by atoms with Gasteiger partial charge in [0, 0.05) is 0 Å². The topological polar surface area (TPSA) is 35.8 Å². The number of hydrogen-bond donors (Lipinski definition) is 1. The maximum atomic E-state index is 9.27. The standard InChI is InChI=1S/C13H14N2/c14-9-11-8-10-4-1-2-5-12(10)13(11)6-3-7-15-13/h1-2,4-5,11,15H,3,6-8H2. The number of nitriles is 1. The molecule has 1 aliphatic carbocycles. The molecule has 1 aromatic rings. The highest BCUT2D eigenvalue weighted by atomic mass is 15.0. The Labute approximate surface area is 89.9 Å². The van der Waals surface area contributed by atoms with E-state index in [0.717, 1.165) is 19.4 Å². The van der Waals surface area contributed by atoms with Gasteiger partial charge >= 0.3 is 0 Å². The average molecular weight is 198 g/mol. The molecule has 0 amide bonds. The van der Waals surface area contributed by atoms with Crippen LogP contribution in [0.1, 0.15) is 24.0 Å². The van der Waals surface area contributed by atoms with Crippen LogP contribution in [-0.4, -0.2) is 6.54 Å². The first-order valence-electron chi connectivity index (χ1n) is 5.60. The van der Waals surface area contributed by atoms with E-state index in [0.29, 0.717) is 0 Å². The maximum Gasteiger partial charge on any atom is 0.0727 e. The van der Waals surface area contributed by atoms with Crippen molar-refractivity contribution in [3.63, 3.8) is 0 Å². The molecule has 2 unspecified atom stereocenters. The normalized spacial score (nSPS) is 32.9. The number of hydrogen-bond acceptors (Lipinski definition) is 2. The molecule has 1 aromatic carbocycles. The zero-order chi connectivity index (χ0) is 10.3. The molecule has 3 rings (SSSR count). The second-order valence-corrected chi connectivity index (χ2v) is 4.54. The van der Waals surface area contributed by atoms with E-state index in [9.17, 15) is 5.26 Å². The van der Waals surface area contributed by atoms with Gasteiger partial charge in [-0.2, -0.15) is 5.26 Å². The van der Waals surface area contributed by atoms with Crippen LogP contribution in [0.25, 0.3) is 0 Å². The Morgan fingerprint density at radius 2 is 2.27 bits per heavy atom. The molecule has 1 spiro atoms. The van der Waals surface area contributed by atoms with Crippen LogP contribution >= 0.6 is 0 Å². The van der Waals surface area contributed by atoms with Crippen molar-refractivity contribution in [1.82, 2.24) is 5.32 Å². The molecule has 0 bridgehead atoms. The van der Waals surface area contributed by atoms with Crippen molar-refractivity contribution >= 4 is 0 Å². The Morgan fingerprint density at radius 1 is 1.40 bits per heavy atom. The summed E-state index contributed by atoms with van der Waals surface area (Å²) in [5, 5.41) is 12.8. The third kappa shape index (κ3) is 1.07. The van der Waals surface area contributed by atoms with E-state index in [1.54, 1.807) is 0 Å². The molecular weight excluding hydrogens is 184 g/mol. The number of fused-ring (bicyclic) bond motifs is 2. The van der Waals surface area contributed by atoms with Crippen molar-refractivity contribution in [2.24, 2.45) is 5.92 Å². The summed E-state index contributed by atoms with van der Waals surface area (Å²) in [6.45, 7) is 1.05. The third-order valence-corrected chi connectivity index (χ3v) is 3.86. The molecule has 15 heavy (non-hydrogen) atoms. The molecule has 0 saturated carbocycles. The van der Waals surface area contributed by atoms with E-state index in [1.165, 1.54) is 17.5 Å². The van der Waals surface area contributed by atoms with Gasteiger partial charge in [-0.15, -0.1) is 0 Å². The fourth-order valence-corrected chi connectivity index (χ4v) is 3.17. The molecule has 1 N–H and O–H groups in total. The van der Waals surface area contributed by atoms with Crippen molar-refractivity contribution in [1.29, 1.82) is 5.26 Å². The lowest BCUT2D eigenvalue weighted by Crippen LogP contribution is -2.40. The van der Waals surface area contributed by atoms with Crippen LogP contribution < -0.4 is 5.32 Å². The lowest BCUT2D eigenvalue weighted by atomic mass is 9.83. The van der Waals surface area contributed by atoms with Gasteiger partial charge in [-0.05, 0) is 36.9 Å². The molecule has 1 fully saturated rings. The molecule has 76 valence electrons. The largest absolute Gasteiger partial charge is 0.306 e. The Morgan fingerprint density at radius 3 is 3.00 bits per heavy atom. The van der Waals surface area contributed by atoms with E-state index in [4.69, 9.17) is 0 Å². The van der Waals surface area contributed by atoms with E-state index in [2.05, 4.69) is 35.7 Å². The minimum atomic E-state index is -0.0225. The Kier molecular flexibility index (Phi) is 1.83. The second-order valence-electron chi connectivity index (χ2n) is 4.54. The summed E-state index contributed by atoms with van der Waals surface area (Å²) in [5.41, 5.74) is 2.71. The highest BCUT2D eigenvalue weighted by Crippen LogP contribution is 2.46. The van der Waals surface area contributed by atoms with Crippen LogP contribution in [0.5, 0.6) is 0 Å². The van der Waals surface area contributed by atoms with Gasteiger partial charge in [0.25, 0.3) is 0 Å². The van der Waals surface area contributed by atoms with Crippen molar-refractivity contribution in [3.05, 3.63) is 35.4 Å². The van der Waals surface area contributed by atoms with Crippen LogP contribution in [0.3, 0.4) is 0 Å². The Hall–Kier alpha value is -1.33. The summed E-state index contributed by atoms with van der Waals surface area (Å²) >= 11 is 0.